The van der Waals surface area contributed by atoms with Gasteiger partial charge in [-0.3, -0.25) is 14.4 Å². The van der Waals surface area contributed by atoms with E-state index in [4.69, 9.17) is 21.2 Å². The average Bonchev–Trinajstić information content (AvgIpc) is 2.86. The number of amides is 2. The molecule has 0 atom stereocenters. The summed E-state index contributed by atoms with van der Waals surface area (Å²) < 4.78 is 36.4. The standard InChI is InChI=1S/C27H41ClN4O7S/c1-25(2,3)38-24(35)31-17-13-27(14-18-31,23(34)29-39-26(4,5)6)30-40(36,37)32-15-11-20(12-16-32)22(33)19-7-9-21(28)10-8-19/h7-10,20,30H,11-18H2,1-6H3,(H,29,34). The number of carbonyl (C=O) groups excluding carboxylic acids is 3. The average molecular weight is 601 g/mol. The zero-order valence-corrected chi connectivity index (χ0v) is 25.7. The predicted octanol–water partition coefficient (Wildman–Crippen LogP) is 3.69. The number of hydroxylamine groups is 1. The van der Waals surface area contributed by atoms with Crippen molar-refractivity contribution in [3.8, 4) is 0 Å². The number of halogens is 1. The Kier molecular flexibility index (Phi) is 9.94. The number of Topliss-reactive ketones (excluding diaryl/α,β-unsaturated/α-hetero) is 1. The van der Waals surface area contributed by atoms with Gasteiger partial charge in [0.05, 0.1) is 5.60 Å². The number of hydrogen-bond acceptors (Lipinski definition) is 7. The van der Waals surface area contributed by atoms with Gasteiger partial charge in [0.25, 0.3) is 16.1 Å². The van der Waals surface area contributed by atoms with E-state index < -0.39 is 39.0 Å². The molecule has 0 unspecified atom stereocenters. The Labute approximate surface area is 242 Å². The number of piperidine rings is 2. The van der Waals surface area contributed by atoms with E-state index in [0.717, 1.165) is 0 Å². The fourth-order valence-electron chi connectivity index (χ4n) is 4.59. The second kappa shape index (κ2) is 12.3. The van der Waals surface area contributed by atoms with E-state index in [1.54, 1.807) is 65.8 Å². The van der Waals surface area contributed by atoms with Gasteiger partial charge in [-0.25, -0.2) is 10.3 Å². The van der Waals surface area contributed by atoms with E-state index in [-0.39, 0.29) is 50.7 Å². The van der Waals surface area contributed by atoms with Gasteiger partial charge in [-0.05, 0) is 91.5 Å². The molecule has 2 saturated heterocycles. The van der Waals surface area contributed by atoms with Crippen molar-refractivity contribution in [2.75, 3.05) is 26.2 Å². The second-order valence-electron chi connectivity index (χ2n) is 12.3. The largest absolute Gasteiger partial charge is 0.444 e. The molecule has 13 heteroatoms. The molecule has 11 nitrogen and oxygen atoms in total. The highest BCUT2D eigenvalue weighted by Crippen LogP contribution is 2.29. The van der Waals surface area contributed by atoms with E-state index in [1.165, 1.54) is 9.21 Å². The molecule has 2 amide bonds. The molecular formula is C27H41ClN4O7S. The molecule has 0 spiro atoms. The van der Waals surface area contributed by atoms with Crippen molar-refractivity contribution in [2.24, 2.45) is 5.92 Å². The molecule has 0 radical (unpaired) electrons. The molecule has 224 valence electrons. The highest BCUT2D eigenvalue weighted by atomic mass is 35.5. The summed E-state index contributed by atoms with van der Waals surface area (Å²) in [5.41, 5.74) is 0.0147. The van der Waals surface area contributed by atoms with Gasteiger partial charge in [-0.15, -0.1) is 0 Å². The molecule has 0 aromatic heterocycles. The first-order valence-corrected chi connectivity index (χ1v) is 15.3. The summed E-state index contributed by atoms with van der Waals surface area (Å²) in [4.78, 5) is 45.8. The number of carbonyl (C=O) groups is 3. The summed E-state index contributed by atoms with van der Waals surface area (Å²) in [5, 5.41) is 0.534. The molecule has 2 aliphatic rings. The normalized spacial score (nSPS) is 19.2. The van der Waals surface area contributed by atoms with Crippen LogP contribution in [0.1, 0.15) is 77.6 Å². The van der Waals surface area contributed by atoms with E-state index in [2.05, 4.69) is 10.2 Å². The summed E-state index contributed by atoms with van der Waals surface area (Å²) >= 11 is 5.92. The summed E-state index contributed by atoms with van der Waals surface area (Å²) in [6, 6.07) is 6.64. The summed E-state index contributed by atoms with van der Waals surface area (Å²) in [6.45, 7) is 11.0. The Morgan fingerprint density at radius 2 is 1.48 bits per heavy atom. The first-order chi connectivity index (χ1) is 18.4. The lowest BCUT2D eigenvalue weighted by atomic mass is 9.88. The van der Waals surface area contributed by atoms with Gasteiger partial charge in [0.2, 0.25) is 0 Å². The molecule has 1 aromatic rings. The van der Waals surface area contributed by atoms with Crippen LogP contribution < -0.4 is 10.2 Å². The maximum absolute atomic E-state index is 13.5. The van der Waals surface area contributed by atoms with Gasteiger partial charge >= 0.3 is 6.09 Å². The van der Waals surface area contributed by atoms with Crippen LogP contribution in [-0.4, -0.2) is 78.3 Å². The molecule has 3 rings (SSSR count). The molecule has 40 heavy (non-hydrogen) atoms. The van der Waals surface area contributed by atoms with Crippen LogP contribution in [0.4, 0.5) is 4.79 Å². The summed E-state index contributed by atoms with van der Waals surface area (Å²) in [5.74, 6) is -1.00. The number of nitrogens with zero attached hydrogens (tertiary/aromatic N) is 2. The summed E-state index contributed by atoms with van der Waals surface area (Å²) in [7, 11) is -4.12. The third kappa shape index (κ3) is 8.62. The molecule has 1 aromatic carbocycles. The second-order valence-corrected chi connectivity index (χ2v) is 14.5. The van der Waals surface area contributed by atoms with E-state index >= 15 is 0 Å². The highest BCUT2D eigenvalue weighted by Gasteiger charge is 2.48. The third-order valence-electron chi connectivity index (χ3n) is 6.77. The first-order valence-electron chi connectivity index (χ1n) is 13.5. The van der Waals surface area contributed by atoms with Crippen molar-refractivity contribution >= 4 is 39.6 Å². The number of benzene rings is 1. The van der Waals surface area contributed by atoms with Gasteiger partial charge in [0.15, 0.2) is 5.78 Å². The summed E-state index contributed by atoms with van der Waals surface area (Å²) in [6.07, 6.45) is 0.220. The molecule has 2 N–H and O–H groups in total. The predicted molar refractivity (Wildman–Crippen MR) is 151 cm³/mol. The van der Waals surface area contributed by atoms with Gasteiger partial charge in [-0.1, -0.05) is 11.6 Å². The number of rotatable bonds is 7. The number of nitrogens with one attached hydrogen (secondary N) is 2. The van der Waals surface area contributed by atoms with Gasteiger partial charge in [0.1, 0.15) is 11.1 Å². The smallest absolute Gasteiger partial charge is 0.410 e. The maximum atomic E-state index is 13.5. The fraction of sp³-hybridized carbons (Fsp3) is 0.667. The SMILES string of the molecule is CC(C)(C)ONC(=O)C1(NS(=O)(=O)N2CCC(C(=O)c3ccc(Cl)cc3)CC2)CCN(C(=O)OC(C)(C)C)CC1. The minimum atomic E-state index is -4.12. The van der Waals surface area contributed by atoms with Gasteiger partial charge in [0, 0.05) is 42.7 Å². The van der Waals surface area contributed by atoms with Crippen molar-refractivity contribution in [2.45, 2.75) is 84.0 Å². The Bertz CT molecular complexity index is 1180. The topological polar surface area (TPSA) is 134 Å². The minimum Gasteiger partial charge on any atom is -0.444 e. The van der Waals surface area contributed by atoms with E-state index in [9.17, 15) is 22.8 Å². The van der Waals surface area contributed by atoms with Crippen LogP contribution in [0.5, 0.6) is 0 Å². The van der Waals surface area contributed by atoms with Crippen molar-refractivity contribution in [3.05, 3.63) is 34.9 Å². The number of likely N-dealkylation sites (tertiary alicyclic amines) is 1. The number of ketones is 1. The van der Waals surface area contributed by atoms with E-state index in [1.807, 2.05) is 0 Å². The van der Waals surface area contributed by atoms with Crippen molar-refractivity contribution < 1.29 is 32.4 Å². The van der Waals surface area contributed by atoms with Crippen LogP contribution in [0.2, 0.25) is 5.02 Å². The minimum absolute atomic E-state index is 0.0241. The van der Waals surface area contributed by atoms with Crippen molar-refractivity contribution in [1.29, 1.82) is 0 Å². The maximum Gasteiger partial charge on any atom is 0.410 e. The van der Waals surface area contributed by atoms with Crippen LogP contribution in [0.25, 0.3) is 0 Å². The fourth-order valence-corrected chi connectivity index (χ4v) is 6.33. The Balaban J connectivity index is 1.71. The Hall–Kier alpha value is -2.25. The zero-order valence-electron chi connectivity index (χ0n) is 24.1. The van der Waals surface area contributed by atoms with Crippen molar-refractivity contribution in [1.82, 2.24) is 19.4 Å². The van der Waals surface area contributed by atoms with Crippen molar-refractivity contribution in [3.63, 3.8) is 0 Å². The molecule has 0 bridgehead atoms. The number of ether oxygens (including phenoxy) is 1. The van der Waals surface area contributed by atoms with Gasteiger partial charge in [-0.2, -0.15) is 17.4 Å². The lowest BCUT2D eigenvalue weighted by molar-refractivity contribution is -0.153. The molecule has 2 aliphatic heterocycles. The lowest BCUT2D eigenvalue weighted by Gasteiger charge is -2.42. The first kappa shape index (κ1) is 32.3. The Morgan fingerprint density at radius 3 is 1.98 bits per heavy atom. The van der Waals surface area contributed by atoms with Crippen LogP contribution in [0.3, 0.4) is 0 Å². The number of hydrogen-bond donors (Lipinski definition) is 2. The van der Waals surface area contributed by atoms with Crippen LogP contribution in [0.15, 0.2) is 24.3 Å². The molecule has 0 saturated carbocycles. The quantitative estimate of drug-likeness (QED) is 0.360. The molecule has 2 fully saturated rings. The molecule has 2 heterocycles. The lowest BCUT2D eigenvalue weighted by Crippen LogP contribution is -2.66. The van der Waals surface area contributed by atoms with Crippen LogP contribution in [-0.2, 0) is 24.6 Å². The van der Waals surface area contributed by atoms with E-state index in [0.29, 0.717) is 23.4 Å². The van der Waals surface area contributed by atoms with Crippen LogP contribution in [0, 0.1) is 5.92 Å². The zero-order chi connectivity index (χ0) is 29.9. The highest BCUT2D eigenvalue weighted by molar-refractivity contribution is 7.87. The third-order valence-corrected chi connectivity index (χ3v) is 8.72. The molecule has 0 aliphatic carbocycles. The van der Waals surface area contributed by atoms with Crippen LogP contribution >= 0.6 is 11.6 Å². The Morgan fingerprint density at radius 1 is 0.925 bits per heavy atom. The monoisotopic (exact) mass is 600 g/mol. The van der Waals surface area contributed by atoms with Gasteiger partial charge < -0.3 is 9.64 Å². The molecular weight excluding hydrogens is 560 g/mol.